The van der Waals surface area contributed by atoms with Gasteiger partial charge in [-0.15, -0.1) is 0 Å². The number of unbranched alkanes of at least 4 members (excludes halogenated alkanes) is 7. The van der Waals surface area contributed by atoms with E-state index in [1.54, 1.807) is 6.08 Å². The Hall–Kier alpha value is -2.49. The minimum Gasteiger partial charge on any atom is -0.360 e. The van der Waals surface area contributed by atoms with Crippen LogP contribution in [0.15, 0.2) is 42.2 Å². The number of allylic oxidation sites excluding steroid dienone is 1. The smallest absolute Gasteiger partial charge is 0.204 e. The summed E-state index contributed by atoms with van der Waals surface area (Å²) in [7, 11) is 0. The van der Waals surface area contributed by atoms with Gasteiger partial charge in [-0.3, -0.25) is 4.79 Å². The van der Waals surface area contributed by atoms with Crippen molar-refractivity contribution in [3.63, 3.8) is 0 Å². The molecule has 1 aliphatic rings. The van der Waals surface area contributed by atoms with Gasteiger partial charge in [-0.25, -0.2) is 0 Å². The molecule has 0 fully saturated rings. The van der Waals surface area contributed by atoms with Crippen molar-refractivity contribution in [3.8, 4) is 0 Å². The van der Waals surface area contributed by atoms with Crippen molar-refractivity contribution >= 4 is 17.6 Å². The van der Waals surface area contributed by atoms with E-state index in [0.29, 0.717) is 5.70 Å². The van der Waals surface area contributed by atoms with E-state index in [1.807, 2.05) is 24.4 Å². The van der Waals surface area contributed by atoms with Gasteiger partial charge in [0.1, 0.15) is 0 Å². The Labute approximate surface area is 162 Å². The van der Waals surface area contributed by atoms with Crippen molar-refractivity contribution in [2.75, 3.05) is 0 Å². The van der Waals surface area contributed by atoms with Crippen molar-refractivity contribution in [1.82, 2.24) is 15.3 Å². The highest BCUT2D eigenvalue weighted by Gasteiger charge is 2.19. The van der Waals surface area contributed by atoms with Crippen LogP contribution in [0.4, 0.5) is 0 Å². The molecule has 0 radical (unpaired) electrons. The van der Waals surface area contributed by atoms with Crippen LogP contribution < -0.4 is 5.32 Å². The highest BCUT2D eigenvalue weighted by atomic mass is 16.1. The molecule has 4 nitrogen and oxygen atoms in total. The summed E-state index contributed by atoms with van der Waals surface area (Å²) in [5.41, 5.74) is 4.58. The van der Waals surface area contributed by atoms with Gasteiger partial charge < -0.3 is 15.3 Å². The van der Waals surface area contributed by atoms with E-state index >= 15 is 0 Å². The van der Waals surface area contributed by atoms with E-state index in [-0.39, 0.29) is 5.78 Å². The second-order valence-electron chi connectivity index (χ2n) is 7.35. The second kappa shape index (κ2) is 10.0. The lowest BCUT2D eigenvalue weighted by Gasteiger charge is -2.02. The summed E-state index contributed by atoms with van der Waals surface area (Å²) in [4.78, 5) is 18.7. The fourth-order valence-corrected chi connectivity index (χ4v) is 3.50. The molecule has 0 unspecified atom stereocenters. The fourth-order valence-electron chi connectivity index (χ4n) is 3.50. The molecule has 0 saturated heterocycles. The Balaban J connectivity index is 1.42. The zero-order valence-electron chi connectivity index (χ0n) is 16.3. The van der Waals surface area contributed by atoms with Gasteiger partial charge in [-0.05, 0) is 43.2 Å². The molecular weight excluding hydrogens is 334 g/mol. The molecule has 2 aromatic rings. The summed E-state index contributed by atoms with van der Waals surface area (Å²) in [6.07, 6.45) is 17.2. The Bertz CT molecular complexity index is 780. The van der Waals surface area contributed by atoms with Gasteiger partial charge in [0.2, 0.25) is 5.78 Å². The first-order chi connectivity index (χ1) is 13.3. The lowest BCUT2D eigenvalue weighted by molar-refractivity contribution is -0.111. The van der Waals surface area contributed by atoms with Crippen molar-refractivity contribution in [2.45, 2.75) is 64.7 Å². The summed E-state index contributed by atoms with van der Waals surface area (Å²) in [6.45, 7) is 2.26. The number of ketones is 1. The zero-order chi connectivity index (χ0) is 18.9. The summed E-state index contributed by atoms with van der Waals surface area (Å²) in [5.74, 6) is 0.0128. The number of nitrogens with one attached hydrogen (secondary N) is 3. The van der Waals surface area contributed by atoms with Gasteiger partial charge in [0, 0.05) is 23.7 Å². The third-order valence-corrected chi connectivity index (χ3v) is 5.07. The van der Waals surface area contributed by atoms with Crippen LogP contribution in [-0.2, 0) is 11.2 Å². The molecule has 1 aliphatic heterocycles. The van der Waals surface area contributed by atoms with Crippen LogP contribution >= 0.6 is 0 Å². The number of rotatable bonds is 11. The van der Waals surface area contributed by atoms with Gasteiger partial charge >= 0.3 is 0 Å². The van der Waals surface area contributed by atoms with Gasteiger partial charge in [-0.2, -0.15) is 0 Å². The van der Waals surface area contributed by atoms with E-state index < -0.39 is 0 Å². The molecule has 0 atom stereocenters. The van der Waals surface area contributed by atoms with E-state index in [1.165, 1.54) is 57.1 Å². The van der Waals surface area contributed by atoms with Gasteiger partial charge in [-0.1, -0.05) is 51.9 Å². The molecule has 4 heteroatoms. The van der Waals surface area contributed by atoms with Crippen molar-refractivity contribution in [3.05, 3.63) is 59.3 Å². The minimum atomic E-state index is 0.0128. The Morgan fingerprint density at radius 2 is 1.74 bits per heavy atom. The summed E-state index contributed by atoms with van der Waals surface area (Å²) >= 11 is 0. The SMILES string of the molecule is CCCCCCCCCCc1ccc(/C=C2/NC(c3ccc[nH]3)=CC2=O)[nH]1. The Morgan fingerprint density at radius 1 is 0.963 bits per heavy atom. The van der Waals surface area contributed by atoms with Crippen LogP contribution in [0.25, 0.3) is 11.8 Å². The lowest BCUT2D eigenvalue weighted by atomic mass is 10.1. The maximum Gasteiger partial charge on any atom is 0.204 e. The molecule has 27 heavy (non-hydrogen) atoms. The number of carbonyl (C=O) groups excluding carboxylic acids is 1. The third kappa shape index (κ3) is 5.75. The molecule has 2 aromatic heterocycles. The minimum absolute atomic E-state index is 0.0128. The van der Waals surface area contributed by atoms with E-state index in [9.17, 15) is 4.79 Å². The number of aromatic nitrogens is 2. The molecule has 0 aromatic carbocycles. The van der Waals surface area contributed by atoms with Crippen LogP contribution in [-0.4, -0.2) is 15.8 Å². The molecule has 0 amide bonds. The normalized spacial score (nSPS) is 15.4. The zero-order valence-corrected chi connectivity index (χ0v) is 16.3. The predicted molar refractivity (Wildman–Crippen MR) is 112 cm³/mol. The third-order valence-electron chi connectivity index (χ3n) is 5.07. The lowest BCUT2D eigenvalue weighted by Crippen LogP contribution is -2.09. The van der Waals surface area contributed by atoms with E-state index in [4.69, 9.17) is 0 Å². The Morgan fingerprint density at radius 3 is 2.48 bits per heavy atom. The molecule has 3 N–H and O–H groups in total. The number of H-pyrrole nitrogens is 2. The van der Waals surface area contributed by atoms with Crippen LogP contribution in [0, 0.1) is 0 Å². The Kier molecular flexibility index (Phi) is 7.14. The molecule has 144 valence electrons. The highest BCUT2D eigenvalue weighted by Crippen LogP contribution is 2.20. The number of aryl methyl sites for hydroxylation is 1. The maximum absolute atomic E-state index is 12.2. The first-order valence-electron chi connectivity index (χ1n) is 10.3. The van der Waals surface area contributed by atoms with Gasteiger partial charge in [0.05, 0.1) is 17.1 Å². The van der Waals surface area contributed by atoms with Crippen LogP contribution in [0.1, 0.15) is 75.4 Å². The highest BCUT2D eigenvalue weighted by molar-refractivity contribution is 6.14. The summed E-state index contributed by atoms with van der Waals surface area (Å²) in [6, 6.07) is 8.05. The fraction of sp³-hybridized carbons (Fsp3) is 0.435. The molecule has 0 aliphatic carbocycles. The van der Waals surface area contributed by atoms with Crippen LogP contribution in [0.5, 0.6) is 0 Å². The first-order valence-corrected chi connectivity index (χ1v) is 10.3. The molecule has 0 spiro atoms. The molecule has 3 rings (SSSR count). The van der Waals surface area contributed by atoms with Crippen LogP contribution in [0.3, 0.4) is 0 Å². The average Bonchev–Trinajstić information content (AvgIpc) is 3.40. The van der Waals surface area contributed by atoms with Crippen molar-refractivity contribution < 1.29 is 4.79 Å². The molecule has 3 heterocycles. The number of aromatic amines is 2. The topological polar surface area (TPSA) is 60.7 Å². The molecule has 0 bridgehead atoms. The number of carbonyl (C=O) groups is 1. The quantitative estimate of drug-likeness (QED) is 0.359. The standard InChI is InChI=1S/C23H31N3O/c1-2-3-4-5-6-7-8-9-11-18-13-14-19(25-18)16-22-23(27)17-21(26-22)20-12-10-15-24-20/h10,12-17,24-26H,2-9,11H2,1H3/b22-16+. The maximum atomic E-state index is 12.2. The van der Waals surface area contributed by atoms with E-state index in [0.717, 1.165) is 23.5 Å². The van der Waals surface area contributed by atoms with Crippen LogP contribution in [0.2, 0.25) is 0 Å². The molecule has 0 saturated carbocycles. The van der Waals surface area contributed by atoms with Gasteiger partial charge in [0.25, 0.3) is 0 Å². The van der Waals surface area contributed by atoms with E-state index in [2.05, 4.69) is 34.3 Å². The van der Waals surface area contributed by atoms with Gasteiger partial charge in [0.15, 0.2) is 0 Å². The second-order valence-corrected chi connectivity index (χ2v) is 7.35. The van der Waals surface area contributed by atoms with Crippen molar-refractivity contribution in [2.24, 2.45) is 0 Å². The number of hydrogen-bond acceptors (Lipinski definition) is 2. The largest absolute Gasteiger partial charge is 0.360 e. The monoisotopic (exact) mass is 365 g/mol. The predicted octanol–water partition coefficient (Wildman–Crippen LogP) is 5.58. The summed E-state index contributed by atoms with van der Waals surface area (Å²) in [5, 5.41) is 3.20. The van der Waals surface area contributed by atoms with Crippen molar-refractivity contribution in [1.29, 1.82) is 0 Å². The summed E-state index contributed by atoms with van der Waals surface area (Å²) < 4.78 is 0. The molecular formula is C23H31N3O. The average molecular weight is 366 g/mol. The first kappa shape index (κ1) is 19.3. The number of hydrogen-bond donors (Lipinski definition) is 3.